The number of nitrogens with one attached hydrogen (secondary N) is 1. The van der Waals surface area contributed by atoms with Gasteiger partial charge >= 0.3 is 6.03 Å². The highest BCUT2D eigenvalue weighted by molar-refractivity contribution is 6.30. The van der Waals surface area contributed by atoms with E-state index in [0.29, 0.717) is 24.7 Å². The molecule has 0 radical (unpaired) electrons. The molecule has 3 aromatic rings. The normalized spacial score (nSPS) is 16.1. The maximum absolute atomic E-state index is 12.8. The van der Waals surface area contributed by atoms with Gasteiger partial charge < -0.3 is 10.2 Å². The average Bonchev–Trinajstić information content (AvgIpc) is 3.12. The van der Waals surface area contributed by atoms with Crippen LogP contribution < -0.4 is 5.32 Å². The number of urea groups is 1. The van der Waals surface area contributed by atoms with Gasteiger partial charge in [0.05, 0.1) is 6.20 Å². The predicted octanol–water partition coefficient (Wildman–Crippen LogP) is 3.93. The number of aromatic nitrogens is 2. The number of fused-ring (bicyclic) bond motifs is 1. The first-order valence-corrected chi connectivity index (χ1v) is 9.31. The van der Waals surface area contributed by atoms with E-state index >= 15 is 0 Å². The fourth-order valence-electron chi connectivity index (χ4n) is 3.56. The van der Waals surface area contributed by atoms with Gasteiger partial charge in [0.15, 0.2) is 0 Å². The van der Waals surface area contributed by atoms with E-state index in [4.69, 9.17) is 11.6 Å². The van der Waals surface area contributed by atoms with Crippen LogP contribution in [0.25, 0.3) is 0 Å². The summed E-state index contributed by atoms with van der Waals surface area (Å²) >= 11 is 5.92. The van der Waals surface area contributed by atoms with Gasteiger partial charge in [-0.3, -0.25) is 4.68 Å². The van der Waals surface area contributed by atoms with Crippen LogP contribution in [0, 0.1) is 0 Å². The Morgan fingerprint density at radius 2 is 2.00 bits per heavy atom. The lowest BCUT2D eigenvalue weighted by Gasteiger charge is -2.34. The summed E-state index contributed by atoms with van der Waals surface area (Å²) in [5.41, 5.74) is 4.60. The molecule has 27 heavy (non-hydrogen) atoms. The van der Waals surface area contributed by atoms with E-state index in [1.54, 1.807) is 4.68 Å². The SMILES string of the molecule is Cn1cc(C2CN(C(=O)NCc3ccc(Cl)cc3)Cc3ccccc32)cn1. The lowest BCUT2D eigenvalue weighted by atomic mass is 9.86. The third-order valence-corrected chi connectivity index (χ3v) is 5.22. The summed E-state index contributed by atoms with van der Waals surface area (Å²) in [5, 5.41) is 8.02. The summed E-state index contributed by atoms with van der Waals surface area (Å²) in [6.07, 6.45) is 3.91. The van der Waals surface area contributed by atoms with E-state index < -0.39 is 0 Å². The molecule has 2 aromatic carbocycles. The Labute approximate surface area is 163 Å². The minimum atomic E-state index is -0.0617. The number of benzene rings is 2. The second kappa shape index (κ2) is 7.45. The molecule has 1 aliphatic heterocycles. The Kier molecular flexibility index (Phi) is 4.86. The fourth-order valence-corrected chi connectivity index (χ4v) is 3.68. The minimum absolute atomic E-state index is 0.0617. The number of hydrogen-bond donors (Lipinski definition) is 1. The van der Waals surface area contributed by atoms with Crippen molar-refractivity contribution < 1.29 is 4.79 Å². The molecule has 1 atom stereocenters. The van der Waals surface area contributed by atoms with Crippen molar-refractivity contribution in [3.8, 4) is 0 Å². The van der Waals surface area contributed by atoms with E-state index in [1.165, 1.54) is 11.1 Å². The van der Waals surface area contributed by atoms with Crippen LogP contribution in [0.4, 0.5) is 4.79 Å². The number of hydrogen-bond acceptors (Lipinski definition) is 2. The van der Waals surface area contributed by atoms with E-state index in [-0.39, 0.29) is 11.9 Å². The highest BCUT2D eigenvalue weighted by Gasteiger charge is 2.29. The zero-order valence-electron chi connectivity index (χ0n) is 15.1. The zero-order chi connectivity index (χ0) is 18.8. The van der Waals surface area contributed by atoms with Crippen LogP contribution in [0.2, 0.25) is 5.02 Å². The van der Waals surface area contributed by atoms with Gasteiger partial charge in [-0.15, -0.1) is 0 Å². The predicted molar refractivity (Wildman–Crippen MR) is 106 cm³/mol. The molecule has 2 heterocycles. The van der Waals surface area contributed by atoms with Crippen molar-refractivity contribution >= 4 is 17.6 Å². The number of carbonyl (C=O) groups is 1. The molecule has 0 bridgehead atoms. The molecule has 0 saturated carbocycles. The van der Waals surface area contributed by atoms with Crippen molar-refractivity contribution in [3.05, 3.63) is 88.2 Å². The Hall–Kier alpha value is -2.79. The molecule has 1 aromatic heterocycles. The van der Waals surface area contributed by atoms with Gasteiger partial charge in [-0.25, -0.2) is 4.79 Å². The van der Waals surface area contributed by atoms with Crippen LogP contribution in [-0.4, -0.2) is 27.3 Å². The number of rotatable bonds is 3. The minimum Gasteiger partial charge on any atom is -0.334 e. The van der Waals surface area contributed by atoms with Crippen LogP contribution in [0.3, 0.4) is 0 Å². The number of halogens is 1. The van der Waals surface area contributed by atoms with E-state index in [9.17, 15) is 4.79 Å². The van der Waals surface area contributed by atoms with Gasteiger partial charge in [0.2, 0.25) is 0 Å². The summed E-state index contributed by atoms with van der Waals surface area (Å²) < 4.78 is 1.80. The summed E-state index contributed by atoms with van der Waals surface area (Å²) in [4.78, 5) is 14.7. The summed E-state index contributed by atoms with van der Waals surface area (Å²) in [6, 6.07) is 15.8. The first-order valence-electron chi connectivity index (χ1n) is 8.94. The van der Waals surface area contributed by atoms with Gasteiger partial charge in [0.1, 0.15) is 0 Å². The van der Waals surface area contributed by atoms with Crippen molar-refractivity contribution in [1.29, 1.82) is 0 Å². The highest BCUT2D eigenvalue weighted by atomic mass is 35.5. The van der Waals surface area contributed by atoms with Crippen LogP contribution >= 0.6 is 11.6 Å². The Morgan fingerprint density at radius 1 is 1.22 bits per heavy atom. The molecule has 1 unspecified atom stereocenters. The maximum Gasteiger partial charge on any atom is 0.317 e. The monoisotopic (exact) mass is 380 g/mol. The van der Waals surface area contributed by atoms with Crippen molar-refractivity contribution in [2.24, 2.45) is 7.05 Å². The standard InChI is InChI=1S/C21H21ClN4O/c1-25-12-17(11-24-25)20-14-26(13-16-4-2-3-5-19(16)20)21(27)23-10-15-6-8-18(22)9-7-15/h2-9,11-12,20H,10,13-14H2,1H3,(H,23,27). The fraction of sp³-hybridized carbons (Fsp3) is 0.238. The largest absolute Gasteiger partial charge is 0.334 e. The first kappa shape index (κ1) is 17.6. The maximum atomic E-state index is 12.8. The molecule has 5 nitrogen and oxygen atoms in total. The molecule has 1 N–H and O–H groups in total. The summed E-state index contributed by atoms with van der Waals surface area (Å²) in [6.45, 7) is 1.72. The molecule has 0 aliphatic carbocycles. The number of nitrogens with zero attached hydrogens (tertiary/aromatic N) is 3. The van der Waals surface area contributed by atoms with Crippen LogP contribution in [0.1, 0.15) is 28.2 Å². The van der Waals surface area contributed by atoms with Crippen LogP contribution in [0.5, 0.6) is 0 Å². The van der Waals surface area contributed by atoms with Crippen LogP contribution in [-0.2, 0) is 20.1 Å². The second-order valence-corrected chi connectivity index (χ2v) is 7.30. The van der Waals surface area contributed by atoms with Crippen molar-refractivity contribution in [1.82, 2.24) is 20.0 Å². The van der Waals surface area contributed by atoms with E-state index in [0.717, 1.165) is 11.1 Å². The Balaban J connectivity index is 1.51. The van der Waals surface area contributed by atoms with Crippen molar-refractivity contribution in [3.63, 3.8) is 0 Å². The van der Waals surface area contributed by atoms with Gasteiger partial charge in [-0.2, -0.15) is 5.10 Å². The lowest BCUT2D eigenvalue weighted by molar-refractivity contribution is 0.188. The molecule has 0 saturated heterocycles. The number of carbonyl (C=O) groups excluding carboxylic acids is 1. The lowest BCUT2D eigenvalue weighted by Crippen LogP contribution is -2.44. The van der Waals surface area contributed by atoms with Gasteiger partial charge in [-0.05, 0) is 34.4 Å². The third-order valence-electron chi connectivity index (χ3n) is 4.97. The average molecular weight is 381 g/mol. The molecule has 6 heteroatoms. The number of aryl methyl sites for hydroxylation is 1. The smallest absolute Gasteiger partial charge is 0.317 e. The third kappa shape index (κ3) is 3.83. The molecule has 0 spiro atoms. The Bertz CT molecular complexity index is 951. The van der Waals surface area contributed by atoms with E-state index in [1.807, 2.05) is 54.7 Å². The van der Waals surface area contributed by atoms with E-state index in [2.05, 4.69) is 28.6 Å². The van der Waals surface area contributed by atoms with Crippen LogP contribution in [0.15, 0.2) is 60.9 Å². The molecule has 2 amide bonds. The zero-order valence-corrected chi connectivity index (χ0v) is 15.9. The van der Waals surface area contributed by atoms with Gasteiger partial charge in [-0.1, -0.05) is 48.0 Å². The van der Waals surface area contributed by atoms with Crippen molar-refractivity contribution in [2.75, 3.05) is 6.54 Å². The second-order valence-electron chi connectivity index (χ2n) is 6.86. The Morgan fingerprint density at radius 3 is 2.74 bits per heavy atom. The number of amides is 2. The molecular formula is C21H21ClN4O. The molecule has 1 aliphatic rings. The molecular weight excluding hydrogens is 360 g/mol. The van der Waals surface area contributed by atoms with Crippen molar-refractivity contribution in [2.45, 2.75) is 19.0 Å². The highest BCUT2D eigenvalue weighted by Crippen LogP contribution is 2.33. The molecule has 138 valence electrons. The first-order chi connectivity index (χ1) is 13.1. The topological polar surface area (TPSA) is 50.2 Å². The molecule has 0 fully saturated rings. The molecule has 4 rings (SSSR count). The van der Waals surface area contributed by atoms with Gasteiger partial charge in [0, 0.05) is 43.8 Å². The summed E-state index contributed by atoms with van der Waals surface area (Å²) in [7, 11) is 1.91. The summed E-state index contributed by atoms with van der Waals surface area (Å²) in [5.74, 6) is 0.130. The quantitative estimate of drug-likeness (QED) is 0.748. The van der Waals surface area contributed by atoms with Gasteiger partial charge in [0.25, 0.3) is 0 Å².